The molecule has 0 unspecified atom stereocenters. The highest BCUT2D eigenvalue weighted by atomic mass is 35.5. The van der Waals surface area contributed by atoms with E-state index in [-0.39, 0.29) is 11.4 Å². The zero-order valence-electron chi connectivity index (χ0n) is 14.6. The summed E-state index contributed by atoms with van der Waals surface area (Å²) in [6.07, 6.45) is 0. The number of anilines is 1. The summed E-state index contributed by atoms with van der Waals surface area (Å²) in [5.41, 5.74) is 3.68. The molecule has 0 heterocycles. The van der Waals surface area contributed by atoms with E-state index in [1.54, 1.807) is 44.2 Å². The molecule has 0 aromatic heterocycles. The molecule has 2 aromatic rings. The van der Waals surface area contributed by atoms with Crippen molar-refractivity contribution in [3.63, 3.8) is 0 Å². The molecule has 0 fully saturated rings. The fourth-order valence-corrected chi connectivity index (χ4v) is 4.35. The predicted octanol–water partition coefficient (Wildman–Crippen LogP) is 3.49. The van der Waals surface area contributed by atoms with Crippen molar-refractivity contribution in [1.82, 2.24) is 4.72 Å². The Morgan fingerprint density at radius 1 is 1.00 bits per heavy atom. The fourth-order valence-electron chi connectivity index (χ4n) is 2.75. The first kappa shape index (κ1) is 19.4. The van der Waals surface area contributed by atoms with Crippen molar-refractivity contribution in [1.29, 1.82) is 0 Å². The molecule has 134 valence electrons. The largest absolute Gasteiger partial charge is 0.325 e. The van der Waals surface area contributed by atoms with Gasteiger partial charge in [0.05, 0.1) is 11.4 Å². The second-order valence-corrected chi connectivity index (χ2v) is 8.20. The van der Waals surface area contributed by atoms with E-state index in [9.17, 15) is 13.2 Å². The van der Waals surface area contributed by atoms with Crippen molar-refractivity contribution < 1.29 is 13.2 Å². The van der Waals surface area contributed by atoms with Gasteiger partial charge < -0.3 is 5.32 Å². The summed E-state index contributed by atoms with van der Waals surface area (Å²) >= 11 is 5.91. The summed E-state index contributed by atoms with van der Waals surface area (Å²) in [7, 11) is -3.78. The second-order valence-electron chi connectivity index (χ2n) is 6.06. The Morgan fingerprint density at radius 2 is 1.60 bits per heavy atom. The molecule has 0 bridgehead atoms. The Kier molecular flexibility index (Phi) is 5.87. The van der Waals surface area contributed by atoms with Gasteiger partial charge in [-0.15, -0.1) is 0 Å². The van der Waals surface area contributed by atoms with Crippen molar-refractivity contribution in [3.05, 3.63) is 57.6 Å². The van der Waals surface area contributed by atoms with Crippen LogP contribution in [0.25, 0.3) is 0 Å². The maximum Gasteiger partial charge on any atom is 0.241 e. The molecule has 0 aliphatic rings. The Balaban J connectivity index is 2.12. The Bertz CT molecular complexity index is 901. The van der Waals surface area contributed by atoms with Gasteiger partial charge in [0.15, 0.2) is 0 Å². The Hall–Kier alpha value is -1.89. The lowest BCUT2D eigenvalue weighted by atomic mass is 10.1. The van der Waals surface area contributed by atoms with Gasteiger partial charge in [-0.3, -0.25) is 4.79 Å². The third-order valence-electron chi connectivity index (χ3n) is 3.77. The van der Waals surface area contributed by atoms with Crippen LogP contribution in [-0.4, -0.2) is 20.9 Å². The van der Waals surface area contributed by atoms with Crippen LogP contribution < -0.4 is 10.0 Å². The lowest BCUT2D eigenvalue weighted by Crippen LogP contribution is -2.33. The molecule has 5 nitrogen and oxygen atoms in total. The zero-order chi connectivity index (χ0) is 18.8. The van der Waals surface area contributed by atoms with Crippen LogP contribution in [0.4, 0.5) is 5.69 Å². The molecule has 7 heteroatoms. The maximum absolute atomic E-state index is 12.6. The van der Waals surface area contributed by atoms with Gasteiger partial charge in [0, 0.05) is 10.7 Å². The lowest BCUT2D eigenvalue weighted by Gasteiger charge is -2.13. The summed E-state index contributed by atoms with van der Waals surface area (Å²) in [5.74, 6) is -0.462. The van der Waals surface area contributed by atoms with Gasteiger partial charge in [-0.05, 0) is 56.5 Å². The minimum absolute atomic E-state index is 0.213. The number of nitrogens with one attached hydrogen (secondary N) is 2. The molecule has 0 saturated heterocycles. The van der Waals surface area contributed by atoms with Gasteiger partial charge in [-0.2, -0.15) is 0 Å². The summed E-state index contributed by atoms with van der Waals surface area (Å²) in [6.45, 7) is 6.86. The van der Waals surface area contributed by atoms with Crippen molar-refractivity contribution in [2.45, 2.75) is 32.6 Å². The second kappa shape index (κ2) is 7.56. The molecule has 0 spiro atoms. The SMILES string of the molecule is Cc1cc(C)c(S(=O)(=O)NCC(=O)Nc2cc(Cl)ccc2C)c(C)c1. The number of halogens is 1. The van der Waals surface area contributed by atoms with Crippen LogP contribution >= 0.6 is 11.6 Å². The maximum atomic E-state index is 12.6. The van der Waals surface area contributed by atoms with E-state index in [2.05, 4.69) is 10.0 Å². The van der Waals surface area contributed by atoms with Crippen LogP contribution in [0, 0.1) is 27.7 Å². The molecule has 0 saturated carbocycles. The average molecular weight is 381 g/mol. The van der Waals surface area contributed by atoms with Gasteiger partial charge in [0.2, 0.25) is 15.9 Å². The van der Waals surface area contributed by atoms with Crippen LogP contribution in [-0.2, 0) is 14.8 Å². The molecule has 25 heavy (non-hydrogen) atoms. The highest BCUT2D eigenvalue weighted by molar-refractivity contribution is 7.89. The van der Waals surface area contributed by atoms with Crippen LogP contribution in [0.5, 0.6) is 0 Å². The number of aryl methyl sites for hydroxylation is 4. The standard InChI is InChI=1S/C18H21ClN2O3S/c1-11-7-13(3)18(14(4)8-11)25(23,24)20-10-17(22)21-16-9-15(19)6-5-12(16)2/h5-9,20H,10H2,1-4H3,(H,21,22). The van der Waals surface area contributed by atoms with Crippen molar-refractivity contribution >= 4 is 33.2 Å². The van der Waals surface area contributed by atoms with Gasteiger partial charge >= 0.3 is 0 Å². The Labute approximate surface area is 153 Å². The highest BCUT2D eigenvalue weighted by Gasteiger charge is 2.20. The Morgan fingerprint density at radius 3 is 2.20 bits per heavy atom. The number of hydrogen-bond acceptors (Lipinski definition) is 3. The van der Waals surface area contributed by atoms with E-state index in [4.69, 9.17) is 11.6 Å². The van der Waals surface area contributed by atoms with E-state index in [0.29, 0.717) is 21.8 Å². The predicted molar refractivity (Wildman–Crippen MR) is 101 cm³/mol. The van der Waals surface area contributed by atoms with E-state index in [1.165, 1.54) is 0 Å². The minimum Gasteiger partial charge on any atom is -0.325 e. The first-order valence-electron chi connectivity index (χ1n) is 7.73. The van der Waals surface area contributed by atoms with Gasteiger partial charge in [0.25, 0.3) is 0 Å². The van der Waals surface area contributed by atoms with Gasteiger partial charge in [0.1, 0.15) is 0 Å². The van der Waals surface area contributed by atoms with Crippen molar-refractivity contribution in [2.24, 2.45) is 0 Å². The number of benzene rings is 2. The van der Waals surface area contributed by atoms with E-state index >= 15 is 0 Å². The van der Waals surface area contributed by atoms with Crippen LogP contribution in [0.3, 0.4) is 0 Å². The number of rotatable bonds is 5. The number of carbonyl (C=O) groups excluding carboxylic acids is 1. The summed E-state index contributed by atoms with van der Waals surface area (Å²) < 4.78 is 27.5. The molecule has 2 N–H and O–H groups in total. The topological polar surface area (TPSA) is 75.3 Å². The molecule has 0 aliphatic carbocycles. The highest BCUT2D eigenvalue weighted by Crippen LogP contribution is 2.22. The van der Waals surface area contributed by atoms with E-state index in [0.717, 1.165) is 11.1 Å². The fraction of sp³-hybridized carbons (Fsp3) is 0.278. The number of amides is 1. The number of carbonyl (C=O) groups is 1. The minimum atomic E-state index is -3.78. The molecule has 0 atom stereocenters. The summed E-state index contributed by atoms with van der Waals surface area (Å²) in [6, 6.07) is 8.73. The summed E-state index contributed by atoms with van der Waals surface area (Å²) in [5, 5.41) is 3.16. The molecule has 0 radical (unpaired) electrons. The quantitative estimate of drug-likeness (QED) is 0.833. The first-order chi connectivity index (χ1) is 11.6. The van der Waals surface area contributed by atoms with Gasteiger partial charge in [-0.25, -0.2) is 13.1 Å². The molecular formula is C18H21ClN2O3S. The van der Waals surface area contributed by atoms with E-state index < -0.39 is 15.9 Å². The van der Waals surface area contributed by atoms with Crippen LogP contribution in [0.2, 0.25) is 5.02 Å². The van der Waals surface area contributed by atoms with Crippen molar-refractivity contribution in [3.8, 4) is 0 Å². The van der Waals surface area contributed by atoms with E-state index in [1.807, 2.05) is 13.8 Å². The zero-order valence-corrected chi connectivity index (χ0v) is 16.2. The summed E-state index contributed by atoms with van der Waals surface area (Å²) in [4.78, 5) is 12.3. The lowest BCUT2D eigenvalue weighted by molar-refractivity contribution is -0.115. The number of sulfonamides is 1. The third-order valence-corrected chi connectivity index (χ3v) is 5.71. The first-order valence-corrected chi connectivity index (χ1v) is 9.60. The average Bonchev–Trinajstić information content (AvgIpc) is 2.47. The normalized spacial score (nSPS) is 11.4. The molecule has 1 amide bonds. The van der Waals surface area contributed by atoms with Crippen LogP contribution in [0.15, 0.2) is 35.2 Å². The monoisotopic (exact) mass is 380 g/mol. The van der Waals surface area contributed by atoms with Gasteiger partial charge in [-0.1, -0.05) is 35.4 Å². The van der Waals surface area contributed by atoms with Crippen molar-refractivity contribution in [2.75, 3.05) is 11.9 Å². The smallest absolute Gasteiger partial charge is 0.241 e. The third kappa shape index (κ3) is 4.81. The molecule has 2 rings (SSSR count). The molecular weight excluding hydrogens is 360 g/mol. The van der Waals surface area contributed by atoms with Crippen LogP contribution in [0.1, 0.15) is 22.3 Å². The molecule has 2 aromatic carbocycles. The number of hydrogen-bond donors (Lipinski definition) is 2. The molecule has 0 aliphatic heterocycles.